The highest BCUT2D eigenvalue weighted by atomic mass is 79.9. The number of methoxy groups -OCH3 is 1. The number of sulfone groups is 1. The minimum Gasteiger partial charge on any atom is -0.497 e. The van der Waals surface area contributed by atoms with Crippen LogP contribution in [-0.2, 0) is 22.8 Å². The number of nitrogens with one attached hydrogen (secondary N) is 1. The van der Waals surface area contributed by atoms with E-state index in [1.54, 1.807) is 43.6 Å². The van der Waals surface area contributed by atoms with E-state index in [0.717, 1.165) is 15.8 Å². The van der Waals surface area contributed by atoms with E-state index in [4.69, 9.17) is 10.1 Å². The van der Waals surface area contributed by atoms with Gasteiger partial charge in [0.2, 0.25) is 9.84 Å². The summed E-state index contributed by atoms with van der Waals surface area (Å²) in [5, 5.41) is 9.01. The molecule has 0 radical (unpaired) electrons. The van der Waals surface area contributed by atoms with Crippen LogP contribution in [0.2, 0.25) is 0 Å². The molecule has 0 unspecified atom stereocenters. The molecule has 36 heavy (non-hydrogen) atoms. The Morgan fingerprint density at radius 2 is 1.75 bits per heavy atom. The smallest absolute Gasteiger partial charge is 0.267 e. The molecule has 5 rings (SSSR count). The van der Waals surface area contributed by atoms with Gasteiger partial charge in [-0.25, -0.2) is 13.4 Å². The highest BCUT2D eigenvalue weighted by Gasteiger charge is 2.24. The summed E-state index contributed by atoms with van der Waals surface area (Å²) in [6.07, 6.45) is 2.08. The van der Waals surface area contributed by atoms with Crippen LogP contribution in [0.15, 0.2) is 98.1 Å². The number of hydrogen-bond acceptors (Lipinski definition) is 6. The number of aryl methyl sites for hydroxylation is 2. The quantitative estimate of drug-likeness (QED) is 0.314. The number of hydrogen-bond donors (Lipinski definition) is 1. The van der Waals surface area contributed by atoms with Crippen molar-refractivity contribution in [3.63, 3.8) is 0 Å². The van der Waals surface area contributed by atoms with Crippen LogP contribution >= 0.6 is 15.9 Å². The minimum atomic E-state index is -4.08. The highest BCUT2D eigenvalue weighted by Crippen LogP contribution is 2.23. The first-order chi connectivity index (χ1) is 17.3. The zero-order valence-electron chi connectivity index (χ0n) is 19.2. The van der Waals surface area contributed by atoms with Gasteiger partial charge in [0.1, 0.15) is 27.4 Å². The van der Waals surface area contributed by atoms with Crippen molar-refractivity contribution in [3.05, 3.63) is 105 Å². The Morgan fingerprint density at radius 3 is 2.44 bits per heavy atom. The Labute approximate surface area is 215 Å². The zero-order chi connectivity index (χ0) is 25.4. The largest absolute Gasteiger partial charge is 0.497 e. The topological polar surface area (TPSA) is 107 Å². The van der Waals surface area contributed by atoms with Crippen LogP contribution < -0.4 is 15.8 Å². The molecule has 5 aromatic rings. The normalized spacial score (nSPS) is 11.7. The first-order valence-electron chi connectivity index (χ1n) is 11.0. The van der Waals surface area contributed by atoms with Gasteiger partial charge in [-0.3, -0.25) is 14.6 Å². The first-order valence-corrected chi connectivity index (χ1v) is 13.3. The lowest BCUT2D eigenvalue weighted by atomic mass is 10.1. The fourth-order valence-corrected chi connectivity index (χ4v) is 5.71. The number of fused-ring (bicyclic) bond motifs is 2. The standard InChI is InChI=1S/C26H21BrN4O4S/c1-35-19-9-5-17(6-10-19)13-15-31-24(28)22(36(33,34)20-11-7-18(27)8-12-20)16-21-25(31)29-23-4-2-3-14-30(23)26(21)32/h2-12,14,16,28H,13,15H2,1H3. The molecule has 3 aromatic heterocycles. The molecule has 1 N–H and O–H groups in total. The molecular weight excluding hydrogens is 544 g/mol. The van der Waals surface area contributed by atoms with Crippen molar-refractivity contribution in [1.82, 2.24) is 14.0 Å². The van der Waals surface area contributed by atoms with Crippen molar-refractivity contribution in [1.29, 1.82) is 5.41 Å². The Hall–Kier alpha value is -3.76. The molecule has 8 nitrogen and oxygen atoms in total. The number of benzene rings is 2. The summed E-state index contributed by atoms with van der Waals surface area (Å²) in [6, 6.07) is 20.1. The number of halogens is 1. The van der Waals surface area contributed by atoms with Crippen molar-refractivity contribution in [2.45, 2.75) is 22.8 Å². The molecule has 182 valence electrons. The summed E-state index contributed by atoms with van der Waals surface area (Å²) in [5.74, 6) is 0.724. The summed E-state index contributed by atoms with van der Waals surface area (Å²) in [5.41, 5.74) is 1.01. The van der Waals surface area contributed by atoms with Gasteiger partial charge in [-0.2, -0.15) is 0 Å². The molecule has 0 aliphatic rings. The lowest BCUT2D eigenvalue weighted by molar-refractivity contribution is 0.414. The molecule has 0 aliphatic carbocycles. The maximum atomic E-state index is 13.6. The van der Waals surface area contributed by atoms with Crippen LogP contribution in [0.1, 0.15) is 5.56 Å². The summed E-state index contributed by atoms with van der Waals surface area (Å²) in [7, 11) is -2.49. The Bertz CT molecular complexity index is 1830. The molecule has 0 spiro atoms. The first kappa shape index (κ1) is 24.0. The molecule has 0 atom stereocenters. The molecule has 0 amide bonds. The fourth-order valence-electron chi connectivity index (χ4n) is 4.06. The van der Waals surface area contributed by atoms with Gasteiger partial charge in [0, 0.05) is 17.2 Å². The van der Waals surface area contributed by atoms with Crippen molar-refractivity contribution >= 4 is 42.4 Å². The van der Waals surface area contributed by atoms with Gasteiger partial charge in [0.15, 0.2) is 0 Å². The molecule has 2 aromatic carbocycles. The molecule has 0 aliphatic heterocycles. The predicted molar refractivity (Wildman–Crippen MR) is 139 cm³/mol. The van der Waals surface area contributed by atoms with Crippen LogP contribution in [0.5, 0.6) is 5.75 Å². The van der Waals surface area contributed by atoms with E-state index in [1.807, 2.05) is 24.3 Å². The summed E-state index contributed by atoms with van der Waals surface area (Å²) < 4.78 is 36.0. The lowest BCUT2D eigenvalue weighted by Crippen LogP contribution is -2.30. The van der Waals surface area contributed by atoms with Gasteiger partial charge in [0.05, 0.1) is 17.4 Å². The third-order valence-corrected chi connectivity index (χ3v) is 8.29. The number of pyridine rings is 2. The van der Waals surface area contributed by atoms with Crippen molar-refractivity contribution in [3.8, 4) is 5.75 Å². The van der Waals surface area contributed by atoms with Gasteiger partial charge >= 0.3 is 0 Å². The van der Waals surface area contributed by atoms with Gasteiger partial charge in [0.25, 0.3) is 5.56 Å². The van der Waals surface area contributed by atoms with Crippen LogP contribution in [0, 0.1) is 5.41 Å². The average Bonchev–Trinajstić information content (AvgIpc) is 2.88. The minimum absolute atomic E-state index is 0.0362. The zero-order valence-corrected chi connectivity index (χ0v) is 21.6. The SMILES string of the molecule is COc1ccc(CCn2c(=N)c(S(=O)(=O)c3ccc(Br)cc3)cc3c(=O)n4ccccc4nc32)cc1. The maximum Gasteiger partial charge on any atom is 0.267 e. The monoisotopic (exact) mass is 564 g/mol. The van der Waals surface area contributed by atoms with Crippen molar-refractivity contribution in [2.24, 2.45) is 0 Å². The molecule has 10 heteroatoms. The van der Waals surface area contributed by atoms with Gasteiger partial charge < -0.3 is 9.30 Å². The molecular formula is C26H21BrN4O4S. The third-order valence-electron chi connectivity index (χ3n) is 5.98. The van der Waals surface area contributed by atoms with E-state index >= 15 is 0 Å². The number of rotatable bonds is 6. The van der Waals surface area contributed by atoms with E-state index in [0.29, 0.717) is 12.1 Å². The highest BCUT2D eigenvalue weighted by molar-refractivity contribution is 9.10. The van der Waals surface area contributed by atoms with Crippen LogP contribution in [0.4, 0.5) is 0 Å². The number of nitrogens with zero attached hydrogens (tertiary/aromatic N) is 3. The summed E-state index contributed by atoms with van der Waals surface area (Å²) in [4.78, 5) is 17.8. The van der Waals surface area contributed by atoms with E-state index in [2.05, 4.69) is 20.9 Å². The molecule has 3 heterocycles. The van der Waals surface area contributed by atoms with E-state index in [1.165, 1.54) is 27.2 Å². The Kier molecular flexibility index (Phi) is 6.23. The van der Waals surface area contributed by atoms with Crippen LogP contribution in [0.25, 0.3) is 16.7 Å². The van der Waals surface area contributed by atoms with E-state index < -0.39 is 15.4 Å². The summed E-state index contributed by atoms with van der Waals surface area (Å²) in [6.45, 7) is 0.251. The average molecular weight is 565 g/mol. The van der Waals surface area contributed by atoms with Crippen LogP contribution in [0.3, 0.4) is 0 Å². The van der Waals surface area contributed by atoms with Crippen molar-refractivity contribution in [2.75, 3.05) is 7.11 Å². The van der Waals surface area contributed by atoms with Crippen molar-refractivity contribution < 1.29 is 13.2 Å². The molecule has 0 saturated heterocycles. The summed E-state index contributed by atoms with van der Waals surface area (Å²) >= 11 is 3.32. The second-order valence-electron chi connectivity index (χ2n) is 8.15. The van der Waals surface area contributed by atoms with Gasteiger partial charge in [-0.05, 0) is 66.6 Å². The number of aromatic nitrogens is 3. The fraction of sp³-hybridized carbons (Fsp3) is 0.115. The number of ether oxygens (including phenoxy) is 1. The van der Waals surface area contributed by atoms with Gasteiger partial charge in [-0.1, -0.05) is 34.1 Å². The van der Waals surface area contributed by atoms with E-state index in [-0.39, 0.29) is 32.9 Å². The maximum absolute atomic E-state index is 13.6. The van der Waals surface area contributed by atoms with Crippen LogP contribution in [-0.4, -0.2) is 29.5 Å². The molecule has 0 saturated carbocycles. The molecule has 0 fully saturated rings. The third kappa shape index (κ3) is 4.22. The van der Waals surface area contributed by atoms with E-state index in [9.17, 15) is 13.2 Å². The Balaban J connectivity index is 1.74. The lowest BCUT2D eigenvalue weighted by Gasteiger charge is -2.15. The van der Waals surface area contributed by atoms with Gasteiger partial charge in [-0.15, -0.1) is 0 Å². The molecule has 0 bridgehead atoms. The second kappa shape index (κ2) is 9.36. The Morgan fingerprint density at radius 1 is 1.03 bits per heavy atom. The predicted octanol–water partition coefficient (Wildman–Crippen LogP) is 3.98. The second-order valence-corrected chi connectivity index (χ2v) is 11.0.